The van der Waals surface area contributed by atoms with Crippen molar-refractivity contribution in [1.29, 1.82) is 0 Å². The lowest BCUT2D eigenvalue weighted by Gasteiger charge is -2.06. The van der Waals surface area contributed by atoms with Crippen LogP contribution in [0.25, 0.3) is 0 Å². The standard InChI is InChI=1S/C8H18O2S/c1-7(2)5-9-11-10-6-8(3)4/h7-8H,5-6H2,1-4H3. The van der Waals surface area contributed by atoms with E-state index in [0.717, 1.165) is 25.5 Å². The minimum Gasteiger partial charge on any atom is -0.291 e. The number of hydrogen-bond acceptors (Lipinski definition) is 3. The molecule has 0 amide bonds. The lowest BCUT2D eigenvalue weighted by Crippen LogP contribution is -2.00. The Kier molecular flexibility index (Phi) is 7.12. The van der Waals surface area contributed by atoms with Gasteiger partial charge in [-0.05, 0) is 11.8 Å². The monoisotopic (exact) mass is 178 g/mol. The van der Waals surface area contributed by atoms with Crippen LogP contribution in [0, 0.1) is 11.8 Å². The molecule has 0 aromatic rings. The van der Waals surface area contributed by atoms with E-state index in [1.54, 1.807) is 0 Å². The zero-order chi connectivity index (χ0) is 8.69. The molecule has 0 saturated heterocycles. The summed E-state index contributed by atoms with van der Waals surface area (Å²) in [5.74, 6) is 1.15. The summed E-state index contributed by atoms with van der Waals surface area (Å²) < 4.78 is 10.3. The minimum absolute atomic E-state index is 0.574. The summed E-state index contributed by atoms with van der Waals surface area (Å²) in [5.41, 5.74) is 0. The van der Waals surface area contributed by atoms with Crippen molar-refractivity contribution in [2.45, 2.75) is 27.7 Å². The van der Waals surface area contributed by atoms with Crippen LogP contribution in [0.4, 0.5) is 0 Å². The van der Waals surface area contributed by atoms with Crippen molar-refractivity contribution >= 4 is 12.3 Å². The van der Waals surface area contributed by atoms with Crippen molar-refractivity contribution in [3.8, 4) is 0 Å². The first-order valence-electron chi connectivity index (χ1n) is 4.04. The van der Waals surface area contributed by atoms with Crippen molar-refractivity contribution < 1.29 is 8.37 Å². The molecule has 0 aliphatic heterocycles. The Bertz CT molecular complexity index is 74.2. The second-order valence-electron chi connectivity index (χ2n) is 3.42. The van der Waals surface area contributed by atoms with Crippen LogP contribution in [-0.4, -0.2) is 13.2 Å². The summed E-state index contributed by atoms with van der Waals surface area (Å²) in [6.45, 7) is 9.96. The van der Waals surface area contributed by atoms with Gasteiger partial charge in [-0.15, -0.1) is 0 Å². The highest BCUT2D eigenvalue weighted by molar-refractivity contribution is 7.89. The fraction of sp³-hybridized carbons (Fsp3) is 1.00. The van der Waals surface area contributed by atoms with E-state index in [1.165, 1.54) is 0 Å². The first-order chi connectivity index (χ1) is 5.13. The van der Waals surface area contributed by atoms with Gasteiger partial charge in [-0.2, -0.15) is 0 Å². The van der Waals surface area contributed by atoms with Crippen LogP contribution in [0.5, 0.6) is 0 Å². The molecule has 0 unspecified atom stereocenters. The summed E-state index contributed by atoms with van der Waals surface area (Å²) in [4.78, 5) is 0. The maximum Gasteiger partial charge on any atom is 0.158 e. The molecule has 0 atom stereocenters. The molecule has 0 rings (SSSR count). The third kappa shape index (κ3) is 10.3. The zero-order valence-electron chi connectivity index (χ0n) is 7.79. The Labute approximate surface area is 74.1 Å². The van der Waals surface area contributed by atoms with E-state index >= 15 is 0 Å². The van der Waals surface area contributed by atoms with Crippen molar-refractivity contribution in [2.75, 3.05) is 13.2 Å². The van der Waals surface area contributed by atoms with Gasteiger partial charge in [-0.25, -0.2) is 0 Å². The van der Waals surface area contributed by atoms with E-state index in [9.17, 15) is 0 Å². The van der Waals surface area contributed by atoms with Gasteiger partial charge in [0.1, 0.15) is 0 Å². The molecule has 0 aliphatic carbocycles. The van der Waals surface area contributed by atoms with E-state index in [1.807, 2.05) is 0 Å². The van der Waals surface area contributed by atoms with Gasteiger partial charge in [0.05, 0.1) is 13.2 Å². The molecule has 0 fully saturated rings. The Morgan fingerprint density at radius 2 is 1.27 bits per heavy atom. The number of hydrogen-bond donors (Lipinski definition) is 0. The topological polar surface area (TPSA) is 18.5 Å². The number of rotatable bonds is 6. The van der Waals surface area contributed by atoms with E-state index < -0.39 is 0 Å². The zero-order valence-corrected chi connectivity index (χ0v) is 8.61. The third-order valence-corrected chi connectivity index (χ3v) is 1.36. The van der Waals surface area contributed by atoms with Gasteiger partial charge in [-0.1, -0.05) is 27.7 Å². The highest BCUT2D eigenvalue weighted by atomic mass is 32.2. The predicted octanol–water partition coefficient (Wildman–Crippen LogP) is 2.89. The summed E-state index contributed by atoms with van der Waals surface area (Å²) in [7, 11) is 0. The molecule has 0 bridgehead atoms. The molecule has 0 aliphatic rings. The first kappa shape index (κ1) is 11.3. The Hall–Kier alpha value is 0.270. The van der Waals surface area contributed by atoms with Crippen molar-refractivity contribution in [3.05, 3.63) is 0 Å². The molecule has 3 heteroatoms. The van der Waals surface area contributed by atoms with Crippen LogP contribution >= 0.6 is 12.3 Å². The molecule has 0 aromatic carbocycles. The Balaban J connectivity index is 2.91. The van der Waals surface area contributed by atoms with Gasteiger partial charge in [0.15, 0.2) is 12.3 Å². The summed E-state index contributed by atoms with van der Waals surface area (Å²) in [6.07, 6.45) is 0. The van der Waals surface area contributed by atoms with Gasteiger partial charge >= 0.3 is 0 Å². The largest absolute Gasteiger partial charge is 0.291 e. The Morgan fingerprint density at radius 3 is 1.55 bits per heavy atom. The quantitative estimate of drug-likeness (QED) is 0.460. The normalized spacial score (nSPS) is 11.5. The highest BCUT2D eigenvalue weighted by Crippen LogP contribution is 2.09. The van der Waals surface area contributed by atoms with E-state index in [0.29, 0.717) is 11.8 Å². The second kappa shape index (κ2) is 6.95. The first-order valence-corrected chi connectivity index (χ1v) is 4.70. The average Bonchev–Trinajstić information content (AvgIpc) is 1.85. The van der Waals surface area contributed by atoms with E-state index in [-0.39, 0.29) is 0 Å². The highest BCUT2D eigenvalue weighted by Gasteiger charge is 1.96. The molecule has 2 nitrogen and oxygen atoms in total. The van der Waals surface area contributed by atoms with E-state index in [4.69, 9.17) is 8.37 Å². The van der Waals surface area contributed by atoms with Crippen LogP contribution < -0.4 is 0 Å². The summed E-state index contributed by atoms with van der Waals surface area (Å²) in [6, 6.07) is 0. The maximum absolute atomic E-state index is 5.14. The van der Waals surface area contributed by atoms with Crippen molar-refractivity contribution in [2.24, 2.45) is 11.8 Å². The molecular formula is C8H18O2S. The third-order valence-electron chi connectivity index (χ3n) is 0.899. The maximum atomic E-state index is 5.14. The molecular weight excluding hydrogens is 160 g/mol. The molecule has 0 spiro atoms. The predicted molar refractivity (Wildman–Crippen MR) is 49.2 cm³/mol. The van der Waals surface area contributed by atoms with Gasteiger partial charge in [0, 0.05) is 0 Å². The van der Waals surface area contributed by atoms with Gasteiger partial charge < -0.3 is 0 Å². The second-order valence-corrected chi connectivity index (χ2v) is 4.03. The van der Waals surface area contributed by atoms with Crippen LogP contribution in [0.2, 0.25) is 0 Å². The van der Waals surface area contributed by atoms with Gasteiger partial charge in [0.25, 0.3) is 0 Å². The lowest BCUT2D eigenvalue weighted by atomic mass is 10.2. The fourth-order valence-corrected chi connectivity index (χ4v) is 1.09. The lowest BCUT2D eigenvalue weighted by molar-refractivity contribution is 0.241. The minimum atomic E-state index is 0.574. The smallest absolute Gasteiger partial charge is 0.158 e. The molecule has 0 saturated carbocycles. The molecule has 0 radical (unpaired) electrons. The van der Waals surface area contributed by atoms with Crippen LogP contribution in [0.3, 0.4) is 0 Å². The fourth-order valence-electron chi connectivity index (χ4n) is 0.362. The van der Waals surface area contributed by atoms with Crippen molar-refractivity contribution in [3.63, 3.8) is 0 Å². The van der Waals surface area contributed by atoms with Crippen molar-refractivity contribution in [1.82, 2.24) is 0 Å². The van der Waals surface area contributed by atoms with Gasteiger partial charge in [-0.3, -0.25) is 8.37 Å². The SMILES string of the molecule is CC(C)COSOCC(C)C. The van der Waals surface area contributed by atoms with Gasteiger partial charge in [0.2, 0.25) is 0 Å². The van der Waals surface area contributed by atoms with E-state index in [2.05, 4.69) is 27.7 Å². The summed E-state index contributed by atoms with van der Waals surface area (Å²) >= 11 is 1.11. The van der Waals surface area contributed by atoms with Crippen LogP contribution in [-0.2, 0) is 8.37 Å². The average molecular weight is 178 g/mol. The van der Waals surface area contributed by atoms with Crippen LogP contribution in [0.15, 0.2) is 0 Å². The molecule has 11 heavy (non-hydrogen) atoms. The summed E-state index contributed by atoms with van der Waals surface area (Å²) in [5, 5.41) is 0. The molecule has 0 heterocycles. The molecule has 68 valence electrons. The molecule has 0 aromatic heterocycles. The Morgan fingerprint density at radius 1 is 0.909 bits per heavy atom. The molecule has 0 N–H and O–H groups in total. The van der Waals surface area contributed by atoms with Crippen LogP contribution in [0.1, 0.15) is 27.7 Å².